The highest BCUT2D eigenvalue weighted by molar-refractivity contribution is 6.18. The summed E-state index contributed by atoms with van der Waals surface area (Å²) in [6.07, 6.45) is 7.55. The second-order valence-electron chi connectivity index (χ2n) is 13.9. The molecule has 0 radical (unpaired) electrons. The molecule has 0 unspecified atom stereocenters. The van der Waals surface area contributed by atoms with Gasteiger partial charge >= 0.3 is 0 Å². The third-order valence-corrected chi connectivity index (χ3v) is 12.9. The van der Waals surface area contributed by atoms with E-state index in [1.165, 1.54) is 6.42 Å². The Morgan fingerprint density at radius 2 is 1.85 bits per heavy atom. The number of carbonyl (C=O) groups excluding carboxylic acids is 1. The van der Waals surface area contributed by atoms with Crippen molar-refractivity contribution in [2.24, 2.45) is 58.2 Å². The van der Waals surface area contributed by atoms with E-state index in [4.69, 9.17) is 11.6 Å². The molecular weight excluding hydrogens is 448 g/mol. The Balaban J connectivity index is 1.39. The van der Waals surface area contributed by atoms with Gasteiger partial charge in [-0.15, -0.1) is 11.6 Å². The van der Waals surface area contributed by atoms with Crippen molar-refractivity contribution < 1.29 is 20.1 Å². The van der Waals surface area contributed by atoms with Crippen LogP contribution in [0.4, 0.5) is 0 Å². The van der Waals surface area contributed by atoms with Crippen LogP contribution in [0.1, 0.15) is 91.9 Å². The zero-order valence-corrected chi connectivity index (χ0v) is 22.4. The molecule has 0 saturated heterocycles. The van der Waals surface area contributed by atoms with Crippen LogP contribution in [0.3, 0.4) is 0 Å². The number of aliphatic hydroxyl groups is 3. The first-order valence-corrected chi connectivity index (χ1v) is 14.7. The number of fused-ring (bicyclic) bond motifs is 5. The van der Waals surface area contributed by atoms with Gasteiger partial charge in [0.1, 0.15) is 11.4 Å². The van der Waals surface area contributed by atoms with Crippen LogP contribution in [-0.2, 0) is 4.79 Å². The molecule has 5 aliphatic rings. The minimum Gasteiger partial charge on any atom is -0.393 e. The van der Waals surface area contributed by atoms with Gasteiger partial charge in [0.2, 0.25) is 0 Å². The fourth-order valence-electron chi connectivity index (χ4n) is 10.1. The zero-order chi connectivity index (χ0) is 24.6. The summed E-state index contributed by atoms with van der Waals surface area (Å²) in [6, 6.07) is 0. The number of aliphatic hydroxyl groups excluding tert-OH is 2. The first-order valence-electron chi connectivity index (χ1n) is 14.1. The van der Waals surface area contributed by atoms with Gasteiger partial charge in [0, 0.05) is 18.3 Å². The van der Waals surface area contributed by atoms with Crippen LogP contribution in [0.15, 0.2) is 0 Å². The van der Waals surface area contributed by atoms with E-state index in [2.05, 4.69) is 27.7 Å². The van der Waals surface area contributed by atoms with Crippen molar-refractivity contribution in [2.75, 3.05) is 5.88 Å². The largest absolute Gasteiger partial charge is 0.393 e. The van der Waals surface area contributed by atoms with Crippen LogP contribution in [0, 0.1) is 58.2 Å². The Kier molecular flexibility index (Phi) is 6.53. The van der Waals surface area contributed by atoms with E-state index in [0.29, 0.717) is 60.1 Å². The lowest BCUT2D eigenvalue weighted by Gasteiger charge is -2.62. The number of carbonyl (C=O) groups is 1. The molecule has 5 fully saturated rings. The maximum absolute atomic E-state index is 12.2. The number of rotatable bonds is 6. The molecule has 0 aromatic carbocycles. The SMILES string of the molecule is C[C@H](C[C@@H](O)[C@](O)(CCl)[C@H]1CC[C@H]2[C@@H]3CC[C@H]4CC(=O)CC[C@]4(C)[C@H]3C[C@@H](O)[C@]12C)[C@H]1C[C@@H]1C. The second-order valence-corrected chi connectivity index (χ2v) is 14.1. The molecule has 0 heterocycles. The Labute approximate surface area is 211 Å². The van der Waals surface area contributed by atoms with Gasteiger partial charge in [0.05, 0.1) is 18.1 Å². The van der Waals surface area contributed by atoms with Gasteiger partial charge in [-0.25, -0.2) is 0 Å². The minimum absolute atomic E-state index is 0.0107. The fraction of sp³-hybridized carbons (Fsp3) is 0.966. The van der Waals surface area contributed by atoms with Crippen molar-refractivity contribution in [1.29, 1.82) is 0 Å². The Hall–Kier alpha value is -0.160. The quantitative estimate of drug-likeness (QED) is 0.443. The molecule has 194 valence electrons. The summed E-state index contributed by atoms with van der Waals surface area (Å²) in [6.45, 7) is 9.03. The van der Waals surface area contributed by atoms with E-state index >= 15 is 0 Å². The molecule has 0 aliphatic heterocycles. The maximum Gasteiger partial charge on any atom is 0.133 e. The molecule has 5 aliphatic carbocycles. The normalized spacial score (nSPS) is 51.6. The highest BCUT2D eigenvalue weighted by atomic mass is 35.5. The molecule has 13 atom stereocenters. The molecule has 0 aromatic rings. The molecule has 5 rings (SSSR count). The van der Waals surface area contributed by atoms with Gasteiger partial charge in [-0.2, -0.15) is 0 Å². The number of Topliss-reactive ketones (excluding diaryl/α,β-unsaturated/α-hetero) is 1. The van der Waals surface area contributed by atoms with Crippen LogP contribution < -0.4 is 0 Å². The van der Waals surface area contributed by atoms with Gasteiger partial charge in [0.15, 0.2) is 0 Å². The first kappa shape index (κ1) is 25.5. The predicted octanol–water partition coefficient (Wildman–Crippen LogP) is 5.20. The zero-order valence-electron chi connectivity index (χ0n) is 21.7. The van der Waals surface area contributed by atoms with E-state index in [9.17, 15) is 20.1 Å². The summed E-state index contributed by atoms with van der Waals surface area (Å²) in [7, 11) is 0. The molecule has 5 heteroatoms. The van der Waals surface area contributed by atoms with Crippen LogP contribution >= 0.6 is 11.6 Å². The number of ketones is 1. The lowest BCUT2D eigenvalue weighted by atomic mass is 9.43. The first-order chi connectivity index (χ1) is 16.0. The van der Waals surface area contributed by atoms with Crippen molar-refractivity contribution in [3.63, 3.8) is 0 Å². The fourth-order valence-corrected chi connectivity index (χ4v) is 10.5. The van der Waals surface area contributed by atoms with E-state index in [0.717, 1.165) is 44.9 Å². The maximum atomic E-state index is 12.2. The Morgan fingerprint density at radius 1 is 1.15 bits per heavy atom. The van der Waals surface area contributed by atoms with Gasteiger partial charge in [-0.3, -0.25) is 4.79 Å². The average molecular weight is 495 g/mol. The molecule has 0 bridgehead atoms. The summed E-state index contributed by atoms with van der Waals surface area (Å²) in [5.41, 5.74) is -1.67. The van der Waals surface area contributed by atoms with Crippen LogP contribution in [-0.4, -0.2) is 44.8 Å². The molecule has 3 N–H and O–H groups in total. The number of halogens is 1. The Morgan fingerprint density at radius 3 is 2.50 bits per heavy atom. The van der Waals surface area contributed by atoms with Gasteiger partial charge in [0.25, 0.3) is 0 Å². The second kappa shape index (κ2) is 8.71. The van der Waals surface area contributed by atoms with Crippen LogP contribution in [0.2, 0.25) is 0 Å². The molecule has 34 heavy (non-hydrogen) atoms. The van der Waals surface area contributed by atoms with Gasteiger partial charge in [-0.05, 0) is 104 Å². The summed E-state index contributed by atoms with van der Waals surface area (Å²) in [5, 5.41) is 35.1. The average Bonchev–Trinajstić information content (AvgIpc) is 3.42. The number of hydrogen-bond donors (Lipinski definition) is 3. The van der Waals surface area contributed by atoms with Gasteiger partial charge in [-0.1, -0.05) is 27.7 Å². The lowest BCUT2D eigenvalue weighted by Crippen LogP contribution is -2.63. The van der Waals surface area contributed by atoms with E-state index in [1.807, 2.05) is 0 Å². The molecule has 0 aromatic heterocycles. The predicted molar refractivity (Wildman–Crippen MR) is 134 cm³/mol. The topological polar surface area (TPSA) is 77.8 Å². The summed E-state index contributed by atoms with van der Waals surface area (Å²) < 4.78 is 0. The van der Waals surface area contributed by atoms with Crippen molar-refractivity contribution in [3.05, 3.63) is 0 Å². The van der Waals surface area contributed by atoms with E-state index in [-0.39, 0.29) is 17.2 Å². The number of alkyl halides is 1. The Bertz CT molecular complexity index is 803. The molecule has 4 nitrogen and oxygen atoms in total. The highest BCUT2D eigenvalue weighted by Gasteiger charge is 2.67. The summed E-state index contributed by atoms with van der Waals surface area (Å²) in [5.74, 6) is 3.71. The van der Waals surface area contributed by atoms with Crippen LogP contribution in [0.5, 0.6) is 0 Å². The standard InChI is InChI=1S/C29H47ClO4/c1-16-11-21(16)17(2)12-26(33)29(34,15-30)24-8-7-22-20-6-5-18-13-19(31)9-10-27(18,3)23(20)14-25(32)28(22,24)4/h16-18,20-26,32-34H,5-15H2,1-4H3/t16-,17+,18-,20-,21-,22-,23-,24-,25+,26+,27-,28-,29-/m0/s1. The van der Waals surface area contributed by atoms with E-state index in [1.54, 1.807) is 0 Å². The molecule has 0 amide bonds. The third-order valence-electron chi connectivity index (χ3n) is 12.5. The highest BCUT2D eigenvalue weighted by Crippen LogP contribution is 2.68. The van der Waals surface area contributed by atoms with Crippen molar-refractivity contribution >= 4 is 17.4 Å². The lowest BCUT2D eigenvalue weighted by molar-refractivity contribution is -0.201. The van der Waals surface area contributed by atoms with Gasteiger partial charge < -0.3 is 15.3 Å². The van der Waals surface area contributed by atoms with Crippen molar-refractivity contribution in [2.45, 2.75) is 110 Å². The minimum atomic E-state index is -1.37. The van der Waals surface area contributed by atoms with Crippen molar-refractivity contribution in [3.8, 4) is 0 Å². The molecular formula is C29H47ClO4. The smallest absolute Gasteiger partial charge is 0.133 e. The third kappa shape index (κ3) is 3.67. The van der Waals surface area contributed by atoms with Crippen LogP contribution in [0.25, 0.3) is 0 Å². The molecule has 5 saturated carbocycles. The summed E-state index contributed by atoms with van der Waals surface area (Å²) >= 11 is 6.47. The van der Waals surface area contributed by atoms with E-state index < -0.39 is 23.2 Å². The van der Waals surface area contributed by atoms with Crippen molar-refractivity contribution in [1.82, 2.24) is 0 Å². The molecule has 0 spiro atoms. The number of hydrogen-bond acceptors (Lipinski definition) is 4. The summed E-state index contributed by atoms with van der Waals surface area (Å²) in [4.78, 5) is 12.2. The monoisotopic (exact) mass is 494 g/mol.